The van der Waals surface area contributed by atoms with Gasteiger partial charge in [-0.2, -0.15) is 0 Å². The molecule has 3 nitrogen and oxygen atoms in total. The molecule has 1 saturated heterocycles. The van der Waals surface area contributed by atoms with Crippen LogP contribution in [-0.2, 0) is 0 Å². The van der Waals surface area contributed by atoms with Crippen LogP contribution in [0.2, 0.25) is 0 Å². The fourth-order valence-electron chi connectivity index (χ4n) is 2.40. The zero-order valence-electron chi connectivity index (χ0n) is 11.8. The second-order valence-electron chi connectivity index (χ2n) is 5.45. The van der Waals surface area contributed by atoms with Crippen molar-refractivity contribution in [3.05, 3.63) is 11.6 Å². The van der Waals surface area contributed by atoms with Gasteiger partial charge in [0.25, 0.3) is 0 Å². The first-order chi connectivity index (χ1) is 8.02. The van der Waals surface area contributed by atoms with E-state index < -0.39 is 0 Å². The number of allylic oxidation sites excluding steroid dienone is 1. The number of nitrogens with zero attached hydrogens (tertiary/aromatic N) is 2. The summed E-state index contributed by atoms with van der Waals surface area (Å²) in [5.74, 6) is 0. The van der Waals surface area contributed by atoms with Gasteiger partial charge in [0.15, 0.2) is 0 Å². The maximum absolute atomic E-state index is 9.50. The lowest BCUT2D eigenvalue weighted by Gasteiger charge is -2.41. The summed E-state index contributed by atoms with van der Waals surface area (Å²) in [5, 5.41) is 9.50. The van der Waals surface area contributed by atoms with Crippen molar-refractivity contribution in [2.45, 2.75) is 46.3 Å². The molecule has 0 saturated carbocycles. The van der Waals surface area contributed by atoms with Gasteiger partial charge >= 0.3 is 0 Å². The summed E-state index contributed by atoms with van der Waals surface area (Å²) in [6.07, 6.45) is 3.25. The number of piperazine rings is 1. The lowest BCUT2D eigenvalue weighted by molar-refractivity contribution is 0.0408. The average molecular weight is 240 g/mol. The molecule has 0 aromatic carbocycles. The Hall–Kier alpha value is -0.380. The lowest BCUT2D eigenvalue weighted by Crippen LogP contribution is -2.54. The number of aliphatic hydroxyl groups is 1. The molecule has 1 fully saturated rings. The molecule has 2 atom stereocenters. The van der Waals surface area contributed by atoms with Crippen LogP contribution in [-0.4, -0.2) is 59.8 Å². The first-order valence-corrected chi connectivity index (χ1v) is 6.80. The Kier molecular flexibility index (Phi) is 6.17. The van der Waals surface area contributed by atoms with E-state index in [-0.39, 0.29) is 6.10 Å². The third-order valence-electron chi connectivity index (χ3n) is 3.42. The number of hydrogen-bond donors (Lipinski definition) is 1. The van der Waals surface area contributed by atoms with Crippen LogP contribution in [0.15, 0.2) is 11.6 Å². The molecule has 0 unspecified atom stereocenters. The fraction of sp³-hybridized carbons (Fsp3) is 0.857. The highest BCUT2D eigenvalue weighted by Gasteiger charge is 2.25. The number of rotatable bonds is 5. The summed E-state index contributed by atoms with van der Waals surface area (Å²) >= 11 is 0. The molecule has 3 heteroatoms. The van der Waals surface area contributed by atoms with Crippen LogP contribution in [0.25, 0.3) is 0 Å². The van der Waals surface area contributed by atoms with E-state index in [0.717, 1.165) is 39.1 Å². The minimum Gasteiger partial charge on any atom is -0.392 e. The van der Waals surface area contributed by atoms with E-state index in [0.29, 0.717) is 6.04 Å². The molecule has 0 radical (unpaired) electrons. The van der Waals surface area contributed by atoms with Gasteiger partial charge in [-0.3, -0.25) is 9.80 Å². The number of hydrogen-bond acceptors (Lipinski definition) is 3. The molecule has 1 rings (SSSR count). The SMILES string of the molecule is CC[C@@H]1CN(CC=C(C)C)CCN1C[C@@H](C)O. The highest BCUT2D eigenvalue weighted by atomic mass is 16.3. The van der Waals surface area contributed by atoms with Gasteiger partial charge in [0.1, 0.15) is 0 Å². The van der Waals surface area contributed by atoms with Crippen LogP contribution in [0.5, 0.6) is 0 Å². The molecule has 0 amide bonds. The minimum absolute atomic E-state index is 0.214. The predicted octanol–water partition coefficient (Wildman–Crippen LogP) is 1.73. The summed E-state index contributed by atoms with van der Waals surface area (Å²) in [6.45, 7) is 13.6. The predicted molar refractivity (Wildman–Crippen MR) is 73.2 cm³/mol. The largest absolute Gasteiger partial charge is 0.392 e. The molecule has 0 aromatic heterocycles. The van der Waals surface area contributed by atoms with Crippen molar-refractivity contribution in [3.63, 3.8) is 0 Å². The lowest BCUT2D eigenvalue weighted by atomic mass is 10.1. The molecule has 1 N–H and O–H groups in total. The van der Waals surface area contributed by atoms with Gasteiger partial charge < -0.3 is 5.11 Å². The molecule has 100 valence electrons. The van der Waals surface area contributed by atoms with E-state index >= 15 is 0 Å². The van der Waals surface area contributed by atoms with E-state index in [1.807, 2.05) is 6.92 Å². The number of β-amino-alcohol motifs (C(OH)–C–C–N with tert-alkyl or cyclic N) is 1. The highest BCUT2D eigenvalue weighted by molar-refractivity contribution is 4.96. The smallest absolute Gasteiger partial charge is 0.0639 e. The van der Waals surface area contributed by atoms with Gasteiger partial charge in [-0.05, 0) is 27.2 Å². The number of aliphatic hydroxyl groups excluding tert-OH is 1. The van der Waals surface area contributed by atoms with Crippen molar-refractivity contribution < 1.29 is 5.11 Å². The van der Waals surface area contributed by atoms with Crippen LogP contribution in [0.3, 0.4) is 0 Å². The third kappa shape index (κ3) is 5.19. The van der Waals surface area contributed by atoms with Gasteiger partial charge in [-0.15, -0.1) is 0 Å². The first kappa shape index (κ1) is 14.7. The monoisotopic (exact) mass is 240 g/mol. The molecule has 0 aromatic rings. The molecule has 17 heavy (non-hydrogen) atoms. The Morgan fingerprint density at radius 1 is 1.41 bits per heavy atom. The van der Waals surface area contributed by atoms with Crippen LogP contribution >= 0.6 is 0 Å². The van der Waals surface area contributed by atoms with E-state index in [9.17, 15) is 5.11 Å². The maximum atomic E-state index is 9.50. The van der Waals surface area contributed by atoms with Crippen molar-refractivity contribution in [3.8, 4) is 0 Å². The molecular weight excluding hydrogens is 212 g/mol. The second kappa shape index (κ2) is 7.14. The van der Waals surface area contributed by atoms with Crippen LogP contribution in [0, 0.1) is 0 Å². The Bertz CT molecular complexity index is 247. The molecule has 1 aliphatic heterocycles. The molecule has 0 spiro atoms. The summed E-state index contributed by atoms with van der Waals surface area (Å²) in [7, 11) is 0. The summed E-state index contributed by atoms with van der Waals surface area (Å²) in [4.78, 5) is 4.95. The van der Waals surface area contributed by atoms with Crippen molar-refractivity contribution in [2.75, 3.05) is 32.7 Å². The molecule has 0 aliphatic carbocycles. The highest BCUT2D eigenvalue weighted by Crippen LogP contribution is 2.13. The van der Waals surface area contributed by atoms with E-state index in [1.54, 1.807) is 0 Å². The van der Waals surface area contributed by atoms with Crippen molar-refractivity contribution in [1.29, 1.82) is 0 Å². The van der Waals surface area contributed by atoms with E-state index in [2.05, 4.69) is 36.6 Å². The molecular formula is C14H28N2O. The molecule has 1 aliphatic rings. The van der Waals surface area contributed by atoms with Crippen LogP contribution in [0.4, 0.5) is 0 Å². The van der Waals surface area contributed by atoms with Crippen molar-refractivity contribution in [1.82, 2.24) is 9.80 Å². The Morgan fingerprint density at radius 2 is 2.12 bits per heavy atom. The normalized spacial score (nSPS) is 24.6. The van der Waals surface area contributed by atoms with Crippen LogP contribution in [0.1, 0.15) is 34.1 Å². The van der Waals surface area contributed by atoms with Crippen molar-refractivity contribution >= 4 is 0 Å². The van der Waals surface area contributed by atoms with Gasteiger partial charge in [-0.1, -0.05) is 18.6 Å². The maximum Gasteiger partial charge on any atom is 0.0639 e. The molecule has 0 bridgehead atoms. The zero-order valence-corrected chi connectivity index (χ0v) is 11.8. The molecule has 1 heterocycles. The zero-order chi connectivity index (χ0) is 12.8. The summed E-state index contributed by atoms with van der Waals surface area (Å²) < 4.78 is 0. The first-order valence-electron chi connectivity index (χ1n) is 6.80. The van der Waals surface area contributed by atoms with Crippen LogP contribution < -0.4 is 0 Å². The Morgan fingerprint density at radius 3 is 2.65 bits per heavy atom. The minimum atomic E-state index is -0.214. The standard InChI is InChI=1S/C14H28N2O/c1-5-14-11-15(7-6-12(2)3)8-9-16(14)10-13(4)17/h6,13-14,17H,5,7-11H2,1-4H3/t13-,14-/m1/s1. The quantitative estimate of drug-likeness (QED) is 0.741. The van der Waals surface area contributed by atoms with E-state index in [4.69, 9.17) is 0 Å². The van der Waals surface area contributed by atoms with E-state index in [1.165, 1.54) is 5.57 Å². The van der Waals surface area contributed by atoms with Gasteiger partial charge in [0.05, 0.1) is 6.10 Å². The van der Waals surface area contributed by atoms with Gasteiger partial charge in [-0.25, -0.2) is 0 Å². The van der Waals surface area contributed by atoms with Gasteiger partial charge in [0.2, 0.25) is 0 Å². The second-order valence-corrected chi connectivity index (χ2v) is 5.45. The fourth-order valence-corrected chi connectivity index (χ4v) is 2.40. The average Bonchev–Trinajstić information content (AvgIpc) is 2.26. The summed E-state index contributed by atoms with van der Waals surface area (Å²) in [5.41, 5.74) is 1.39. The topological polar surface area (TPSA) is 26.7 Å². The van der Waals surface area contributed by atoms with Crippen molar-refractivity contribution in [2.24, 2.45) is 0 Å². The Labute approximate surface area is 106 Å². The van der Waals surface area contributed by atoms with Gasteiger partial charge in [0, 0.05) is 38.8 Å². The Balaban J connectivity index is 2.45. The summed E-state index contributed by atoms with van der Waals surface area (Å²) in [6, 6.07) is 0.601. The third-order valence-corrected chi connectivity index (χ3v) is 3.42.